The van der Waals surface area contributed by atoms with Crippen LogP contribution in [0.3, 0.4) is 0 Å². The minimum atomic E-state index is -0.0446. The Morgan fingerprint density at radius 2 is 1.82 bits per heavy atom. The first-order valence-electron chi connectivity index (χ1n) is 11.8. The molecule has 0 saturated carbocycles. The first kappa shape index (κ1) is 27.7. The highest BCUT2D eigenvalue weighted by Crippen LogP contribution is 2.15. The molecule has 2 heterocycles. The molecule has 0 bridgehead atoms. The second kappa shape index (κ2) is 14.6. The van der Waals surface area contributed by atoms with Crippen LogP contribution in [-0.4, -0.2) is 99.2 Å². The number of carbonyl (C=O) groups is 1. The molecule has 3 rings (SSSR count). The average molecular weight is 574 g/mol. The maximum atomic E-state index is 12.7. The van der Waals surface area contributed by atoms with Gasteiger partial charge in [-0.2, -0.15) is 0 Å². The Balaban J connectivity index is 0.00000385. The maximum Gasteiger partial charge on any atom is 0.239 e. The summed E-state index contributed by atoms with van der Waals surface area (Å²) in [5.74, 6) is 2.05. The van der Waals surface area contributed by atoms with E-state index in [-0.39, 0.29) is 35.9 Å². The van der Waals surface area contributed by atoms with Gasteiger partial charge in [0.05, 0.1) is 12.6 Å². The standard InChI is InChI=1S/C24H39N5O3.HI/c1-20(23(30)28-10-4-5-11-28)27-12-14-29(15-13-27)24(25-2)26-19-21-8-6-9-22(18-21)32-17-7-16-31-3;/h6,8-9,18,20H,4-5,7,10-17,19H2,1-3H3,(H,25,26);1H. The molecule has 9 heteroatoms. The second-order valence-corrected chi connectivity index (χ2v) is 8.47. The van der Waals surface area contributed by atoms with E-state index in [4.69, 9.17) is 9.47 Å². The number of benzene rings is 1. The van der Waals surface area contributed by atoms with E-state index >= 15 is 0 Å². The summed E-state index contributed by atoms with van der Waals surface area (Å²) in [6, 6.07) is 8.11. The Hall–Kier alpha value is -1.59. The fourth-order valence-corrected chi connectivity index (χ4v) is 4.33. The Morgan fingerprint density at radius 3 is 2.48 bits per heavy atom. The van der Waals surface area contributed by atoms with Gasteiger partial charge in [0.25, 0.3) is 0 Å². The van der Waals surface area contributed by atoms with Gasteiger partial charge in [0.1, 0.15) is 5.75 Å². The van der Waals surface area contributed by atoms with Crippen LogP contribution in [0.1, 0.15) is 31.7 Å². The molecule has 1 atom stereocenters. The van der Waals surface area contributed by atoms with Crippen molar-refractivity contribution in [3.8, 4) is 5.75 Å². The van der Waals surface area contributed by atoms with Crippen LogP contribution in [0.5, 0.6) is 5.75 Å². The van der Waals surface area contributed by atoms with E-state index in [2.05, 4.69) is 32.2 Å². The molecule has 1 unspecified atom stereocenters. The van der Waals surface area contributed by atoms with Gasteiger partial charge in [-0.1, -0.05) is 12.1 Å². The van der Waals surface area contributed by atoms with E-state index in [9.17, 15) is 4.79 Å². The van der Waals surface area contributed by atoms with Crippen molar-refractivity contribution in [1.29, 1.82) is 0 Å². The predicted octanol–water partition coefficient (Wildman–Crippen LogP) is 2.42. The molecule has 0 spiro atoms. The Bertz CT molecular complexity index is 749. The number of ether oxygens (including phenoxy) is 2. The van der Waals surface area contributed by atoms with Crippen LogP contribution in [0.2, 0.25) is 0 Å². The number of carbonyl (C=O) groups excluding carboxylic acids is 1. The van der Waals surface area contributed by atoms with Gasteiger partial charge in [-0.3, -0.25) is 14.7 Å². The Labute approximate surface area is 215 Å². The summed E-state index contributed by atoms with van der Waals surface area (Å²) in [5.41, 5.74) is 1.15. The lowest BCUT2D eigenvalue weighted by atomic mass is 10.2. The third kappa shape index (κ3) is 8.29. The molecule has 1 aromatic rings. The maximum absolute atomic E-state index is 12.7. The lowest BCUT2D eigenvalue weighted by molar-refractivity contribution is -0.135. The van der Waals surface area contributed by atoms with Gasteiger partial charge in [0.2, 0.25) is 5.91 Å². The van der Waals surface area contributed by atoms with Crippen molar-refractivity contribution in [3.05, 3.63) is 29.8 Å². The third-order valence-corrected chi connectivity index (χ3v) is 6.26. The van der Waals surface area contributed by atoms with Crippen molar-refractivity contribution in [2.45, 2.75) is 38.8 Å². The topological polar surface area (TPSA) is 69.6 Å². The highest BCUT2D eigenvalue weighted by Gasteiger charge is 2.30. The first-order valence-corrected chi connectivity index (χ1v) is 11.8. The Morgan fingerprint density at radius 1 is 1.09 bits per heavy atom. The first-order chi connectivity index (χ1) is 15.6. The van der Waals surface area contributed by atoms with E-state index in [0.29, 0.717) is 19.8 Å². The SMILES string of the molecule is CN=C(NCc1cccc(OCCCOC)c1)N1CCN(C(C)C(=O)N2CCCC2)CC1.I. The summed E-state index contributed by atoms with van der Waals surface area (Å²) in [6.07, 6.45) is 3.15. The molecule has 1 amide bonds. The van der Waals surface area contributed by atoms with E-state index in [1.807, 2.05) is 31.0 Å². The van der Waals surface area contributed by atoms with Gasteiger partial charge in [-0.25, -0.2) is 0 Å². The monoisotopic (exact) mass is 573 g/mol. The normalized spacial score (nSPS) is 18.1. The van der Waals surface area contributed by atoms with Crippen LogP contribution in [0.4, 0.5) is 0 Å². The van der Waals surface area contributed by atoms with Crippen LogP contribution < -0.4 is 10.1 Å². The summed E-state index contributed by atoms with van der Waals surface area (Å²) >= 11 is 0. The molecule has 2 aliphatic rings. The molecule has 8 nitrogen and oxygen atoms in total. The number of nitrogens with zero attached hydrogens (tertiary/aromatic N) is 4. The van der Waals surface area contributed by atoms with Crippen molar-refractivity contribution in [1.82, 2.24) is 20.0 Å². The molecule has 2 saturated heterocycles. The van der Waals surface area contributed by atoms with Crippen molar-refractivity contribution >= 4 is 35.8 Å². The number of hydrogen-bond acceptors (Lipinski definition) is 5. The summed E-state index contributed by atoms with van der Waals surface area (Å²) in [5, 5.41) is 3.48. The zero-order valence-corrected chi connectivity index (χ0v) is 22.6. The number of guanidine groups is 1. The molecule has 0 aromatic heterocycles. The fraction of sp³-hybridized carbons (Fsp3) is 0.667. The number of rotatable bonds is 9. The summed E-state index contributed by atoms with van der Waals surface area (Å²) in [6.45, 7) is 9.38. The molecule has 1 N–H and O–H groups in total. The number of nitrogens with one attached hydrogen (secondary N) is 1. The number of hydrogen-bond donors (Lipinski definition) is 1. The lowest BCUT2D eigenvalue weighted by Crippen LogP contribution is -2.57. The highest BCUT2D eigenvalue weighted by molar-refractivity contribution is 14.0. The summed E-state index contributed by atoms with van der Waals surface area (Å²) < 4.78 is 10.9. The van der Waals surface area contributed by atoms with Gasteiger partial charge < -0.3 is 24.6 Å². The summed E-state index contributed by atoms with van der Waals surface area (Å²) in [7, 11) is 3.53. The van der Waals surface area contributed by atoms with E-state index in [1.54, 1.807) is 7.11 Å². The highest BCUT2D eigenvalue weighted by atomic mass is 127. The minimum Gasteiger partial charge on any atom is -0.493 e. The van der Waals surface area contributed by atoms with Crippen LogP contribution in [0, 0.1) is 0 Å². The number of likely N-dealkylation sites (tertiary alicyclic amines) is 1. The van der Waals surface area contributed by atoms with Gasteiger partial charge >= 0.3 is 0 Å². The molecule has 0 radical (unpaired) electrons. The van der Waals surface area contributed by atoms with Crippen molar-refractivity contribution in [2.75, 3.05) is 66.6 Å². The molecule has 0 aliphatic carbocycles. The van der Waals surface area contributed by atoms with Crippen LogP contribution in [-0.2, 0) is 16.1 Å². The minimum absolute atomic E-state index is 0. The molecule has 186 valence electrons. The smallest absolute Gasteiger partial charge is 0.239 e. The van der Waals surface area contributed by atoms with Gasteiger partial charge in [-0.05, 0) is 37.5 Å². The number of amides is 1. The van der Waals surface area contributed by atoms with Crippen LogP contribution in [0.15, 0.2) is 29.3 Å². The second-order valence-electron chi connectivity index (χ2n) is 8.47. The van der Waals surface area contributed by atoms with Crippen LogP contribution in [0.25, 0.3) is 0 Å². The van der Waals surface area contributed by atoms with Crippen molar-refractivity contribution < 1.29 is 14.3 Å². The Kier molecular flexibility index (Phi) is 12.3. The summed E-state index contributed by atoms with van der Waals surface area (Å²) in [4.78, 5) is 23.8. The lowest BCUT2D eigenvalue weighted by Gasteiger charge is -2.39. The third-order valence-electron chi connectivity index (χ3n) is 6.26. The molecule has 2 fully saturated rings. The van der Waals surface area contributed by atoms with E-state index < -0.39 is 0 Å². The predicted molar refractivity (Wildman–Crippen MR) is 142 cm³/mol. The van der Waals surface area contributed by atoms with Gasteiger partial charge in [0, 0.05) is 73.0 Å². The number of piperazine rings is 1. The number of aliphatic imine (C=N–C) groups is 1. The van der Waals surface area contributed by atoms with Gasteiger partial charge in [-0.15, -0.1) is 24.0 Å². The zero-order chi connectivity index (χ0) is 22.8. The van der Waals surface area contributed by atoms with Crippen LogP contribution >= 0.6 is 24.0 Å². The number of halogens is 1. The zero-order valence-electron chi connectivity index (χ0n) is 20.3. The molecule has 2 aliphatic heterocycles. The quantitative estimate of drug-likeness (QED) is 0.212. The average Bonchev–Trinajstić information content (AvgIpc) is 3.37. The van der Waals surface area contributed by atoms with E-state index in [1.165, 1.54) is 0 Å². The largest absolute Gasteiger partial charge is 0.493 e. The van der Waals surface area contributed by atoms with Crippen molar-refractivity contribution in [2.24, 2.45) is 4.99 Å². The van der Waals surface area contributed by atoms with Gasteiger partial charge in [0.15, 0.2) is 5.96 Å². The van der Waals surface area contributed by atoms with Crippen molar-refractivity contribution in [3.63, 3.8) is 0 Å². The molecule has 1 aromatic carbocycles. The molecular weight excluding hydrogens is 533 g/mol. The molecule has 33 heavy (non-hydrogen) atoms. The fourth-order valence-electron chi connectivity index (χ4n) is 4.33. The van der Waals surface area contributed by atoms with E-state index in [0.717, 1.165) is 75.8 Å². The number of methoxy groups -OCH3 is 1. The molecular formula is C24H40IN5O3.